The van der Waals surface area contributed by atoms with Gasteiger partial charge in [0, 0.05) is 25.3 Å². The molecule has 1 fully saturated rings. The van der Waals surface area contributed by atoms with Crippen molar-refractivity contribution in [2.45, 2.75) is 32.5 Å². The Balaban J connectivity index is 2.38. The van der Waals surface area contributed by atoms with Crippen LogP contribution >= 0.6 is 0 Å². The van der Waals surface area contributed by atoms with Gasteiger partial charge in [-0.15, -0.1) is 0 Å². The van der Waals surface area contributed by atoms with Gasteiger partial charge in [-0.05, 0) is 36.5 Å². The van der Waals surface area contributed by atoms with Gasteiger partial charge in [0.2, 0.25) is 0 Å². The molecule has 0 saturated carbocycles. The number of nitrogens with two attached hydrogens (primary N) is 1. The van der Waals surface area contributed by atoms with Gasteiger partial charge in [0.15, 0.2) is 0 Å². The summed E-state index contributed by atoms with van der Waals surface area (Å²) in [7, 11) is 0. The predicted molar refractivity (Wildman–Crippen MR) is 69.9 cm³/mol. The lowest BCUT2D eigenvalue weighted by molar-refractivity contribution is -0.137. The second-order valence-corrected chi connectivity index (χ2v) is 5.25. The molecule has 0 aliphatic carbocycles. The van der Waals surface area contributed by atoms with Crippen LogP contribution < -0.4 is 10.6 Å². The van der Waals surface area contributed by atoms with E-state index < -0.39 is 11.7 Å². The number of hydrogen-bond acceptors (Lipinski definition) is 2. The highest BCUT2D eigenvalue weighted by atomic mass is 19.4. The normalized spacial score (nSPS) is 20.7. The Hall–Kier alpha value is -1.23. The summed E-state index contributed by atoms with van der Waals surface area (Å²) in [6, 6.07) is 4.42. The molecule has 1 aliphatic heterocycles. The molecule has 1 atom stereocenters. The van der Waals surface area contributed by atoms with Gasteiger partial charge in [-0.3, -0.25) is 0 Å². The van der Waals surface area contributed by atoms with Gasteiger partial charge in [-0.1, -0.05) is 13.0 Å². The van der Waals surface area contributed by atoms with Crippen LogP contribution in [0.4, 0.5) is 18.9 Å². The Kier molecular flexibility index (Phi) is 4.04. The highest BCUT2D eigenvalue weighted by molar-refractivity contribution is 5.56. The van der Waals surface area contributed by atoms with Gasteiger partial charge in [0.25, 0.3) is 0 Å². The highest BCUT2D eigenvalue weighted by Gasteiger charge is 2.35. The third kappa shape index (κ3) is 3.21. The minimum Gasteiger partial charge on any atom is -0.371 e. The molecule has 1 heterocycles. The van der Waals surface area contributed by atoms with Gasteiger partial charge in [0.05, 0.1) is 5.56 Å². The molecule has 1 aromatic rings. The average molecular weight is 272 g/mol. The van der Waals surface area contributed by atoms with E-state index in [0.29, 0.717) is 24.6 Å². The smallest absolute Gasteiger partial charge is 0.371 e. The molecule has 1 saturated heterocycles. The van der Waals surface area contributed by atoms with Gasteiger partial charge < -0.3 is 10.6 Å². The van der Waals surface area contributed by atoms with E-state index >= 15 is 0 Å². The molecular weight excluding hydrogens is 253 g/mol. The molecule has 2 nitrogen and oxygen atoms in total. The second-order valence-electron chi connectivity index (χ2n) is 5.25. The number of rotatable bonds is 2. The minimum atomic E-state index is -4.33. The third-order valence-electron chi connectivity index (χ3n) is 3.60. The third-order valence-corrected chi connectivity index (χ3v) is 3.60. The van der Waals surface area contributed by atoms with Crippen molar-refractivity contribution in [2.75, 3.05) is 18.0 Å². The number of hydrogen-bond donors (Lipinski definition) is 1. The van der Waals surface area contributed by atoms with Gasteiger partial charge in [-0.2, -0.15) is 13.2 Å². The Bertz CT molecular complexity index is 443. The largest absolute Gasteiger partial charge is 0.418 e. The van der Waals surface area contributed by atoms with Gasteiger partial charge in [0.1, 0.15) is 0 Å². The maximum absolute atomic E-state index is 13.1. The number of piperidine rings is 1. The lowest BCUT2D eigenvalue weighted by Crippen LogP contribution is -2.35. The molecule has 1 aliphatic rings. The summed E-state index contributed by atoms with van der Waals surface area (Å²) in [5.41, 5.74) is 5.67. The van der Waals surface area contributed by atoms with E-state index in [2.05, 4.69) is 6.92 Å². The van der Waals surface area contributed by atoms with E-state index in [-0.39, 0.29) is 12.2 Å². The van der Waals surface area contributed by atoms with E-state index in [1.54, 1.807) is 12.1 Å². The van der Waals surface area contributed by atoms with Crippen LogP contribution in [-0.2, 0) is 12.7 Å². The molecule has 0 bridgehead atoms. The molecule has 0 spiro atoms. The van der Waals surface area contributed by atoms with Crippen molar-refractivity contribution < 1.29 is 13.2 Å². The molecule has 0 radical (unpaired) electrons. The van der Waals surface area contributed by atoms with Crippen LogP contribution in [0.5, 0.6) is 0 Å². The van der Waals surface area contributed by atoms with Crippen LogP contribution in [0.2, 0.25) is 0 Å². The highest BCUT2D eigenvalue weighted by Crippen LogP contribution is 2.38. The Morgan fingerprint density at radius 3 is 2.68 bits per heavy atom. The maximum Gasteiger partial charge on any atom is 0.418 e. The predicted octanol–water partition coefficient (Wildman–Crippen LogP) is 3.40. The first kappa shape index (κ1) is 14.2. The number of benzene rings is 1. The van der Waals surface area contributed by atoms with Crippen molar-refractivity contribution in [3.8, 4) is 0 Å². The summed E-state index contributed by atoms with van der Waals surface area (Å²) < 4.78 is 39.4. The summed E-state index contributed by atoms with van der Waals surface area (Å²) >= 11 is 0. The summed E-state index contributed by atoms with van der Waals surface area (Å²) in [6.45, 7) is 3.58. The average Bonchev–Trinajstić information content (AvgIpc) is 2.37. The summed E-state index contributed by atoms with van der Waals surface area (Å²) in [6.07, 6.45) is -2.31. The summed E-state index contributed by atoms with van der Waals surface area (Å²) in [4.78, 5) is 1.84. The van der Waals surface area contributed by atoms with Crippen molar-refractivity contribution >= 4 is 5.69 Å². The first-order valence-electron chi connectivity index (χ1n) is 6.57. The van der Waals surface area contributed by atoms with Crippen LogP contribution in [-0.4, -0.2) is 13.1 Å². The van der Waals surface area contributed by atoms with Crippen molar-refractivity contribution in [3.05, 3.63) is 29.3 Å². The lowest BCUT2D eigenvalue weighted by atomic mass is 9.98. The summed E-state index contributed by atoms with van der Waals surface area (Å²) in [5.74, 6) is 0.434. The van der Waals surface area contributed by atoms with E-state index in [4.69, 9.17) is 5.73 Å². The molecule has 2 rings (SSSR count). The first-order chi connectivity index (χ1) is 8.91. The topological polar surface area (TPSA) is 29.3 Å². The Labute approximate surface area is 111 Å². The Morgan fingerprint density at radius 1 is 1.37 bits per heavy atom. The van der Waals surface area contributed by atoms with Crippen molar-refractivity contribution in [1.29, 1.82) is 0 Å². The molecule has 106 valence electrons. The molecule has 1 aromatic carbocycles. The zero-order chi connectivity index (χ0) is 14.0. The fourth-order valence-corrected chi connectivity index (χ4v) is 2.62. The fourth-order valence-electron chi connectivity index (χ4n) is 2.62. The molecule has 1 unspecified atom stereocenters. The standard InChI is InChI=1S/C14H19F3N2/c1-10-3-2-6-19(9-10)13-5-4-11(8-18)7-12(13)14(15,16)17/h4-5,7,10H,2-3,6,8-9,18H2,1H3. The second kappa shape index (κ2) is 5.41. The van der Waals surface area contributed by atoms with E-state index in [1.165, 1.54) is 6.07 Å². The number of halogens is 3. The summed E-state index contributed by atoms with van der Waals surface area (Å²) in [5, 5.41) is 0. The van der Waals surface area contributed by atoms with Crippen LogP contribution in [0.15, 0.2) is 18.2 Å². The number of alkyl halides is 3. The fraction of sp³-hybridized carbons (Fsp3) is 0.571. The van der Waals surface area contributed by atoms with Gasteiger partial charge in [-0.25, -0.2) is 0 Å². The van der Waals surface area contributed by atoms with Crippen LogP contribution in [0.25, 0.3) is 0 Å². The van der Waals surface area contributed by atoms with Crippen molar-refractivity contribution in [1.82, 2.24) is 0 Å². The van der Waals surface area contributed by atoms with E-state index in [1.807, 2.05) is 4.90 Å². The van der Waals surface area contributed by atoms with Crippen LogP contribution in [0.3, 0.4) is 0 Å². The molecule has 0 amide bonds. The molecule has 2 N–H and O–H groups in total. The molecule has 0 aromatic heterocycles. The SMILES string of the molecule is CC1CCCN(c2ccc(CN)cc2C(F)(F)F)C1. The van der Waals surface area contributed by atoms with E-state index in [0.717, 1.165) is 12.8 Å². The van der Waals surface area contributed by atoms with Crippen LogP contribution in [0.1, 0.15) is 30.9 Å². The lowest BCUT2D eigenvalue weighted by Gasteiger charge is -2.34. The van der Waals surface area contributed by atoms with E-state index in [9.17, 15) is 13.2 Å². The number of anilines is 1. The van der Waals surface area contributed by atoms with Crippen LogP contribution in [0, 0.1) is 5.92 Å². The Morgan fingerprint density at radius 2 is 2.11 bits per heavy atom. The number of nitrogens with zero attached hydrogens (tertiary/aromatic N) is 1. The molecular formula is C14H19F3N2. The quantitative estimate of drug-likeness (QED) is 0.894. The monoisotopic (exact) mass is 272 g/mol. The maximum atomic E-state index is 13.1. The minimum absolute atomic E-state index is 0.125. The molecule has 19 heavy (non-hydrogen) atoms. The van der Waals surface area contributed by atoms with Crippen molar-refractivity contribution in [2.24, 2.45) is 11.7 Å². The zero-order valence-electron chi connectivity index (χ0n) is 11.0. The van der Waals surface area contributed by atoms with Gasteiger partial charge >= 0.3 is 6.18 Å². The zero-order valence-corrected chi connectivity index (χ0v) is 11.0. The van der Waals surface area contributed by atoms with Crippen molar-refractivity contribution in [3.63, 3.8) is 0 Å². The molecule has 5 heteroatoms. The first-order valence-corrected chi connectivity index (χ1v) is 6.57.